The third-order valence-electron chi connectivity index (χ3n) is 2.65. The summed E-state index contributed by atoms with van der Waals surface area (Å²) in [7, 11) is 0. The summed E-state index contributed by atoms with van der Waals surface area (Å²) in [5, 5.41) is 4.13. The van der Waals surface area contributed by atoms with E-state index in [0.717, 1.165) is 42.3 Å². The molecule has 0 saturated carbocycles. The van der Waals surface area contributed by atoms with Crippen LogP contribution in [0.4, 0.5) is 0 Å². The zero-order valence-corrected chi connectivity index (χ0v) is 12.5. The Morgan fingerprint density at radius 2 is 2.21 bits per heavy atom. The maximum absolute atomic E-state index is 6.23. The number of nitrogens with one attached hydrogen (secondary N) is 1. The Morgan fingerprint density at radius 3 is 2.89 bits per heavy atom. The molecule has 0 aliphatic rings. The molecule has 0 atom stereocenters. The highest BCUT2D eigenvalue weighted by atomic mass is 35.5. The summed E-state index contributed by atoms with van der Waals surface area (Å²) in [5.74, 6) is 4.07. The minimum Gasteiger partial charge on any atom is -0.493 e. The summed E-state index contributed by atoms with van der Waals surface area (Å²) in [6.45, 7) is 6.67. The molecule has 0 heterocycles. The van der Waals surface area contributed by atoms with Crippen LogP contribution in [0.5, 0.6) is 5.75 Å². The van der Waals surface area contributed by atoms with Gasteiger partial charge in [-0.3, -0.25) is 0 Å². The molecule has 1 aromatic rings. The van der Waals surface area contributed by atoms with E-state index in [-0.39, 0.29) is 0 Å². The SMILES string of the molecule is C#CCCCOc1cccc(Cl)c1CNCC(C)C. The predicted molar refractivity (Wildman–Crippen MR) is 81.6 cm³/mol. The van der Waals surface area contributed by atoms with Gasteiger partial charge in [-0.15, -0.1) is 12.3 Å². The van der Waals surface area contributed by atoms with Crippen molar-refractivity contribution in [1.82, 2.24) is 5.32 Å². The average molecular weight is 280 g/mol. The number of benzene rings is 1. The number of hydrogen-bond acceptors (Lipinski definition) is 2. The summed E-state index contributed by atoms with van der Waals surface area (Å²) < 4.78 is 5.76. The third-order valence-corrected chi connectivity index (χ3v) is 3.01. The highest BCUT2D eigenvalue weighted by Crippen LogP contribution is 2.26. The van der Waals surface area contributed by atoms with Crippen LogP contribution >= 0.6 is 11.6 Å². The fourth-order valence-corrected chi connectivity index (χ4v) is 1.92. The van der Waals surface area contributed by atoms with Gasteiger partial charge in [-0.1, -0.05) is 31.5 Å². The van der Waals surface area contributed by atoms with Crippen molar-refractivity contribution in [2.24, 2.45) is 5.92 Å². The summed E-state index contributed by atoms with van der Waals surface area (Å²) >= 11 is 6.23. The molecule has 0 unspecified atom stereocenters. The lowest BCUT2D eigenvalue weighted by Gasteiger charge is -2.14. The second kappa shape index (κ2) is 8.85. The second-order valence-electron chi connectivity index (χ2n) is 4.90. The molecule has 19 heavy (non-hydrogen) atoms. The monoisotopic (exact) mass is 279 g/mol. The van der Waals surface area contributed by atoms with Gasteiger partial charge in [0, 0.05) is 23.6 Å². The van der Waals surface area contributed by atoms with Crippen molar-refractivity contribution in [2.75, 3.05) is 13.2 Å². The Kier molecular flexibility index (Phi) is 7.40. The smallest absolute Gasteiger partial charge is 0.125 e. The van der Waals surface area contributed by atoms with Crippen LogP contribution in [0.2, 0.25) is 5.02 Å². The second-order valence-corrected chi connectivity index (χ2v) is 5.30. The Hall–Kier alpha value is -1.17. The first-order valence-corrected chi connectivity index (χ1v) is 7.07. The van der Waals surface area contributed by atoms with E-state index in [0.29, 0.717) is 12.5 Å². The normalized spacial score (nSPS) is 10.5. The van der Waals surface area contributed by atoms with Crippen molar-refractivity contribution in [3.63, 3.8) is 0 Å². The molecule has 3 heteroatoms. The molecule has 0 amide bonds. The van der Waals surface area contributed by atoms with Gasteiger partial charge in [0.2, 0.25) is 0 Å². The number of ether oxygens (including phenoxy) is 1. The Balaban J connectivity index is 2.59. The van der Waals surface area contributed by atoms with Gasteiger partial charge in [0.1, 0.15) is 5.75 Å². The van der Waals surface area contributed by atoms with Crippen molar-refractivity contribution in [3.05, 3.63) is 28.8 Å². The molecule has 104 valence electrons. The van der Waals surface area contributed by atoms with E-state index >= 15 is 0 Å². The number of halogens is 1. The summed E-state index contributed by atoms with van der Waals surface area (Å²) in [6.07, 6.45) is 6.82. The Labute approximate surface area is 121 Å². The van der Waals surface area contributed by atoms with E-state index in [9.17, 15) is 0 Å². The van der Waals surface area contributed by atoms with Gasteiger partial charge in [-0.05, 0) is 31.0 Å². The highest BCUT2D eigenvalue weighted by molar-refractivity contribution is 6.31. The van der Waals surface area contributed by atoms with Crippen LogP contribution in [0, 0.1) is 18.3 Å². The molecule has 2 nitrogen and oxygen atoms in total. The molecular weight excluding hydrogens is 258 g/mol. The van der Waals surface area contributed by atoms with Crippen LogP contribution in [0.25, 0.3) is 0 Å². The van der Waals surface area contributed by atoms with Gasteiger partial charge in [0.25, 0.3) is 0 Å². The van der Waals surface area contributed by atoms with E-state index < -0.39 is 0 Å². The van der Waals surface area contributed by atoms with Crippen molar-refractivity contribution in [3.8, 4) is 18.1 Å². The molecule has 0 saturated heterocycles. The average Bonchev–Trinajstić information content (AvgIpc) is 2.37. The minimum atomic E-state index is 0.613. The molecular formula is C16H22ClNO. The third kappa shape index (κ3) is 6.00. The molecule has 0 aliphatic heterocycles. The van der Waals surface area contributed by atoms with Gasteiger partial charge >= 0.3 is 0 Å². The lowest BCUT2D eigenvalue weighted by Crippen LogP contribution is -2.19. The first-order valence-electron chi connectivity index (χ1n) is 6.69. The number of rotatable bonds is 8. The largest absolute Gasteiger partial charge is 0.493 e. The molecule has 1 rings (SSSR count). The number of hydrogen-bond donors (Lipinski definition) is 1. The summed E-state index contributed by atoms with van der Waals surface area (Å²) in [6, 6.07) is 5.75. The van der Waals surface area contributed by atoms with Crippen LogP contribution in [-0.4, -0.2) is 13.2 Å². The van der Waals surface area contributed by atoms with Crippen LogP contribution in [-0.2, 0) is 6.54 Å². The zero-order chi connectivity index (χ0) is 14.1. The zero-order valence-electron chi connectivity index (χ0n) is 11.7. The maximum Gasteiger partial charge on any atom is 0.125 e. The van der Waals surface area contributed by atoms with Gasteiger partial charge in [0.15, 0.2) is 0 Å². The van der Waals surface area contributed by atoms with Gasteiger partial charge in [0.05, 0.1) is 6.61 Å². The standard InChI is InChI=1S/C16H22ClNO/c1-4-5-6-10-19-16-9-7-8-15(17)14(16)12-18-11-13(2)3/h1,7-9,13,18H,5-6,10-12H2,2-3H3. The quantitative estimate of drug-likeness (QED) is 0.576. The van der Waals surface area contributed by atoms with Crippen LogP contribution in [0.1, 0.15) is 32.3 Å². The number of unbranched alkanes of at least 4 members (excludes halogenated alkanes) is 1. The molecule has 0 aromatic heterocycles. The lowest BCUT2D eigenvalue weighted by molar-refractivity contribution is 0.309. The van der Waals surface area contributed by atoms with Crippen LogP contribution in [0.15, 0.2) is 18.2 Å². The lowest BCUT2D eigenvalue weighted by atomic mass is 10.1. The van der Waals surface area contributed by atoms with E-state index in [4.69, 9.17) is 22.8 Å². The van der Waals surface area contributed by atoms with Gasteiger partial charge in [-0.2, -0.15) is 0 Å². The fourth-order valence-electron chi connectivity index (χ4n) is 1.69. The molecule has 1 aromatic carbocycles. The van der Waals surface area contributed by atoms with Crippen molar-refractivity contribution in [1.29, 1.82) is 0 Å². The first kappa shape index (κ1) is 15.9. The topological polar surface area (TPSA) is 21.3 Å². The Morgan fingerprint density at radius 1 is 1.42 bits per heavy atom. The summed E-state index contributed by atoms with van der Waals surface area (Å²) in [5.41, 5.74) is 1.02. The Bertz CT molecular complexity index is 423. The van der Waals surface area contributed by atoms with E-state index in [1.54, 1.807) is 0 Å². The molecule has 0 spiro atoms. The van der Waals surface area contributed by atoms with Crippen molar-refractivity contribution >= 4 is 11.6 Å². The molecule has 0 bridgehead atoms. The van der Waals surface area contributed by atoms with Crippen LogP contribution < -0.4 is 10.1 Å². The fraction of sp³-hybridized carbons (Fsp3) is 0.500. The van der Waals surface area contributed by atoms with Crippen molar-refractivity contribution < 1.29 is 4.74 Å². The summed E-state index contributed by atoms with van der Waals surface area (Å²) in [4.78, 5) is 0. The van der Waals surface area contributed by atoms with E-state index in [2.05, 4.69) is 25.1 Å². The molecule has 0 radical (unpaired) electrons. The van der Waals surface area contributed by atoms with Crippen LogP contribution in [0.3, 0.4) is 0 Å². The number of terminal acetylenes is 1. The van der Waals surface area contributed by atoms with E-state index in [1.165, 1.54) is 0 Å². The predicted octanol–water partition coefficient (Wildman–Crippen LogP) is 3.88. The molecule has 0 aliphatic carbocycles. The van der Waals surface area contributed by atoms with E-state index in [1.807, 2.05) is 18.2 Å². The highest BCUT2D eigenvalue weighted by Gasteiger charge is 2.08. The van der Waals surface area contributed by atoms with Gasteiger partial charge in [-0.25, -0.2) is 0 Å². The van der Waals surface area contributed by atoms with Gasteiger partial charge < -0.3 is 10.1 Å². The molecule has 0 fully saturated rings. The minimum absolute atomic E-state index is 0.613. The molecule has 1 N–H and O–H groups in total. The maximum atomic E-state index is 6.23. The first-order chi connectivity index (χ1) is 9.15. The van der Waals surface area contributed by atoms with Crippen molar-refractivity contribution in [2.45, 2.75) is 33.2 Å².